The predicted octanol–water partition coefficient (Wildman–Crippen LogP) is 3.84. The van der Waals surface area contributed by atoms with Crippen LogP contribution in [0, 0.1) is 6.92 Å². The molecule has 2 aromatic rings. The Kier molecular flexibility index (Phi) is 6.45. The smallest absolute Gasteiger partial charge is 0.410 e. The van der Waals surface area contributed by atoms with Gasteiger partial charge in [0.2, 0.25) is 0 Å². The molecule has 0 saturated carbocycles. The second-order valence-corrected chi connectivity index (χ2v) is 8.39. The number of hydrogen-bond acceptors (Lipinski definition) is 5. The Hall–Kier alpha value is -2.87. The van der Waals surface area contributed by atoms with E-state index in [4.69, 9.17) is 9.47 Å². The van der Waals surface area contributed by atoms with Crippen LogP contribution >= 0.6 is 0 Å². The molecule has 1 aliphatic heterocycles. The van der Waals surface area contributed by atoms with E-state index in [0.717, 1.165) is 23.2 Å². The molecule has 1 aliphatic rings. The van der Waals surface area contributed by atoms with Gasteiger partial charge in [-0.15, -0.1) is 0 Å². The Morgan fingerprint density at radius 1 is 1.30 bits per heavy atom. The van der Waals surface area contributed by atoms with Crippen molar-refractivity contribution in [1.29, 1.82) is 0 Å². The molecule has 1 atom stereocenters. The van der Waals surface area contributed by atoms with Crippen LogP contribution in [-0.2, 0) is 15.9 Å². The number of benzene rings is 1. The Bertz CT molecular complexity index is 899. The molecule has 1 saturated heterocycles. The number of aromatic nitrogens is 2. The largest absolute Gasteiger partial charge is 0.444 e. The van der Waals surface area contributed by atoms with Crippen LogP contribution in [0.5, 0.6) is 0 Å². The molecule has 0 unspecified atom stereocenters. The van der Waals surface area contributed by atoms with E-state index in [1.54, 1.807) is 4.90 Å². The number of ether oxygens (including phenoxy) is 2. The molecule has 2 heterocycles. The highest BCUT2D eigenvalue weighted by molar-refractivity contribution is 6.03. The van der Waals surface area contributed by atoms with Gasteiger partial charge in [-0.2, -0.15) is 5.10 Å². The van der Waals surface area contributed by atoms with E-state index in [9.17, 15) is 9.59 Å². The van der Waals surface area contributed by atoms with E-state index >= 15 is 0 Å². The molecule has 8 nitrogen and oxygen atoms in total. The number of morpholine rings is 1. The highest BCUT2D eigenvalue weighted by Gasteiger charge is 2.29. The van der Waals surface area contributed by atoms with Gasteiger partial charge in [0, 0.05) is 23.5 Å². The van der Waals surface area contributed by atoms with Crippen LogP contribution in [0.1, 0.15) is 61.1 Å². The average molecular weight is 415 g/mol. The number of nitrogens with zero attached hydrogens (tertiary/aromatic N) is 2. The lowest BCUT2D eigenvalue weighted by Gasteiger charge is -2.34. The van der Waals surface area contributed by atoms with Crippen LogP contribution in [0.4, 0.5) is 10.5 Å². The monoisotopic (exact) mass is 414 g/mol. The third-order valence-electron chi connectivity index (χ3n) is 4.94. The van der Waals surface area contributed by atoms with E-state index in [-0.39, 0.29) is 18.1 Å². The first-order valence-corrected chi connectivity index (χ1v) is 10.2. The Morgan fingerprint density at radius 2 is 2.00 bits per heavy atom. The normalized spacial score (nSPS) is 17.0. The first-order chi connectivity index (χ1) is 14.2. The fourth-order valence-electron chi connectivity index (χ4n) is 3.31. The number of anilines is 1. The van der Waals surface area contributed by atoms with Crippen molar-refractivity contribution in [3.63, 3.8) is 0 Å². The minimum absolute atomic E-state index is 0.239. The SMILES string of the molecule is CCc1[nH]nc(C(=O)Nc2ccc([C@H]3CN(C(=O)OC(C)(C)C)CCO3)cc2)c1C. The second-order valence-electron chi connectivity index (χ2n) is 8.39. The summed E-state index contributed by atoms with van der Waals surface area (Å²) in [4.78, 5) is 26.5. The molecule has 0 radical (unpaired) electrons. The van der Waals surface area contributed by atoms with E-state index < -0.39 is 5.60 Å². The van der Waals surface area contributed by atoms with Crippen molar-refractivity contribution in [1.82, 2.24) is 15.1 Å². The first-order valence-electron chi connectivity index (χ1n) is 10.2. The molecule has 0 aliphatic carbocycles. The van der Waals surface area contributed by atoms with Gasteiger partial charge in [-0.05, 0) is 51.8 Å². The molecule has 2 amide bonds. The minimum Gasteiger partial charge on any atom is -0.444 e. The molecule has 1 fully saturated rings. The zero-order valence-electron chi connectivity index (χ0n) is 18.2. The summed E-state index contributed by atoms with van der Waals surface area (Å²) in [5.74, 6) is -0.249. The number of nitrogens with one attached hydrogen (secondary N) is 2. The van der Waals surface area contributed by atoms with Gasteiger partial charge in [-0.1, -0.05) is 19.1 Å². The van der Waals surface area contributed by atoms with Crippen molar-refractivity contribution >= 4 is 17.7 Å². The van der Waals surface area contributed by atoms with E-state index in [1.807, 2.05) is 58.9 Å². The van der Waals surface area contributed by atoms with Gasteiger partial charge >= 0.3 is 6.09 Å². The van der Waals surface area contributed by atoms with Crippen LogP contribution in [0.15, 0.2) is 24.3 Å². The summed E-state index contributed by atoms with van der Waals surface area (Å²) in [6.07, 6.45) is 0.222. The highest BCUT2D eigenvalue weighted by atomic mass is 16.6. The maximum Gasteiger partial charge on any atom is 0.410 e. The van der Waals surface area contributed by atoms with E-state index in [1.165, 1.54) is 0 Å². The van der Waals surface area contributed by atoms with Crippen LogP contribution < -0.4 is 5.32 Å². The quantitative estimate of drug-likeness (QED) is 0.792. The number of aryl methyl sites for hydroxylation is 1. The Labute approximate surface area is 176 Å². The van der Waals surface area contributed by atoms with Gasteiger partial charge in [0.25, 0.3) is 5.91 Å². The number of aromatic amines is 1. The molecule has 1 aromatic carbocycles. The van der Waals surface area contributed by atoms with Gasteiger partial charge in [-0.25, -0.2) is 4.79 Å². The summed E-state index contributed by atoms with van der Waals surface area (Å²) in [6, 6.07) is 7.44. The summed E-state index contributed by atoms with van der Waals surface area (Å²) < 4.78 is 11.3. The molecule has 162 valence electrons. The lowest BCUT2D eigenvalue weighted by Crippen LogP contribution is -2.44. The number of amides is 2. The highest BCUT2D eigenvalue weighted by Crippen LogP contribution is 2.25. The molecule has 1 aromatic heterocycles. The Morgan fingerprint density at radius 3 is 2.60 bits per heavy atom. The van der Waals surface area contributed by atoms with Crippen molar-refractivity contribution in [2.45, 2.75) is 52.7 Å². The van der Waals surface area contributed by atoms with Gasteiger partial charge in [-0.3, -0.25) is 9.89 Å². The van der Waals surface area contributed by atoms with Crippen LogP contribution in [-0.4, -0.2) is 52.4 Å². The summed E-state index contributed by atoms with van der Waals surface area (Å²) in [5, 5.41) is 9.89. The van der Waals surface area contributed by atoms with Crippen molar-refractivity contribution in [2.75, 3.05) is 25.0 Å². The standard InChI is InChI=1S/C22H30N4O4/c1-6-17-14(2)19(25-24-17)20(27)23-16-9-7-15(8-10-16)18-13-26(11-12-29-18)21(28)30-22(3,4)5/h7-10,18H,6,11-13H2,1-5H3,(H,23,27)(H,24,25)/t18-/m1/s1. The van der Waals surface area contributed by atoms with Gasteiger partial charge in [0.1, 0.15) is 11.7 Å². The third-order valence-corrected chi connectivity index (χ3v) is 4.94. The summed E-state index contributed by atoms with van der Waals surface area (Å²) in [7, 11) is 0. The zero-order valence-corrected chi connectivity index (χ0v) is 18.2. The molecule has 0 bridgehead atoms. The lowest BCUT2D eigenvalue weighted by atomic mass is 10.1. The van der Waals surface area contributed by atoms with Gasteiger partial charge in [0.15, 0.2) is 5.69 Å². The van der Waals surface area contributed by atoms with E-state index in [2.05, 4.69) is 15.5 Å². The third kappa shape index (κ3) is 5.18. The predicted molar refractivity (Wildman–Crippen MR) is 114 cm³/mol. The maximum absolute atomic E-state index is 12.5. The topological polar surface area (TPSA) is 96.6 Å². The van der Waals surface area contributed by atoms with Crippen LogP contribution in [0.3, 0.4) is 0 Å². The number of hydrogen-bond donors (Lipinski definition) is 2. The van der Waals surface area contributed by atoms with Crippen molar-refractivity contribution in [3.8, 4) is 0 Å². The average Bonchev–Trinajstić information content (AvgIpc) is 3.08. The maximum atomic E-state index is 12.5. The first kappa shape index (κ1) is 21.8. The molecular weight excluding hydrogens is 384 g/mol. The summed E-state index contributed by atoms with van der Waals surface area (Å²) in [5.41, 5.74) is 3.30. The molecule has 3 rings (SSSR count). The molecule has 0 spiro atoms. The molecular formula is C22H30N4O4. The Balaban J connectivity index is 1.63. The second kappa shape index (κ2) is 8.87. The zero-order chi connectivity index (χ0) is 21.9. The fourth-order valence-corrected chi connectivity index (χ4v) is 3.31. The fraction of sp³-hybridized carbons (Fsp3) is 0.500. The molecule has 2 N–H and O–H groups in total. The summed E-state index contributed by atoms with van der Waals surface area (Å²) in [6.45, 7) is 10.8. The van der Waals surface area contributed by atoms with Crippen molar-refractivity contribution in [3.05, 3.63) is 46.8 Å². The summed E-state index contributed by atoms with van der Waals surface area (Å²) >= 11 is 0. The lowest BCUT2D eigenvalue weighted by molar-refractivity contribution is -0.0432. The number of carbonyl (C=O) groups is 2. The van der Waals surface area contributed by atoms with Crippen LogP contribution in [0.2, 0.25) is 0 Å². The van der Waals surface area contributed by atoms with E-state index in [0.29, 0.717) is 31.1 Å². The van der Waals surface area contributed by atoms with Crippen molar-refractivity contribution in [2.24, 2.45) is 0 Å². The molecule has 8 heteroatoms. The molecule has 30 heavy (non-hydrogen) atoms. The van der Waals surface area contributed by atoms with Crippen molar-refractivity contribution < 1.29 is 19.1 Å². The minimum atomic E-state index is -0.532. The van der Waals surface area contributed by atoms with Crippen LogP contribution in [0.25, 0.3) is 0 Å². The number of carbonyl (C=O) groups excluding carboxylic acids is 2. The van der Waals surface area contributed by atoms with Gasteiger partial charge < -0.3 is 19.7 Å². The number of rotatable bonds is 4. The van der Waals surface area contributed by atoms with Gasteiger partial charge in [0.05, 0.1) is 13.2 Å². The number of H-pyrrole nitrogens is 1.